The second-order valence-corrected chi connectivity index (χ2v) is 5.33. The average Bonchev–Trinajstić information content (AvgIpc) is 3.12. The number of ether oxygens (including phenoxy) is 2. The third kappa shape index (κ3) is 5.63. The molecule has 0 heterocycles. The first-order chi connectivity index (χ1) is 8.58. The van der Waals surface area contributed by atoms with Gasteiger partial charge in [-0.3, -0.25) is 4.90 Å². The highest BCUT2D eigenvalue weighted by molar-refractivity contribution is 4.88. The molecule has 0 aromatic heterocycles. The van der Waals surface area contributed by atoms with Crippen LogP contribution in [0.2, 0.25) is 0 Å². The Hall–Kier alpha value is -0.200. The van der Waals surface area contributed by atoms with Crippen molar-refractivity contribution in [2.45, 2.75) is 38.0 Å². The molecule has 0 aromatic rings. The zero-order valence-corrected chi connectivity index (χ0v) is 11.8. The summed E-state index contributed by atoms with van der Waals surface area (Å²) in [5, 5.41) is 9.94. The molecule has 0 bridgehead atoms. The van der Waals surface area contributed by atoms with Crippen LogP contribution in [0.1, 0.15) is 19.8 Å². The lowest BCUT2D eigenvalue weighted by atomic mass is 10.1. The SMILES string of the molecule is COCC(C)OCC(O)CN(C)C(CN)C1CC1. The van der Waals surface area contributed by atoms with Crippen molar-refractivity contribution in [1.29, 1.82) is 0 Å². The molecule has 3 atom stereocenters. The largest absolute Gasteiger partial charge is 0.389 e. The number of nitrogens with two attached hydrogens (primary N) is 1. The van der Waals surface area contributed by atoms with Crippen LogP contribution in [0.4, 0.5) is 0 Å². The van der Waals surface area contributed by atoms with Gasteiger partial charge in [0.25, 0.3) is 0 Å². The molecular formula is C13H28N2O3. The Morgan fingerprint density at radius 3 is 2.56 bits per heavy atom. The molecule has 18 heavy (non-hydrogen) atoms. The normalized spacial score (nSPS) is 21.0. The van der Waals surface area contributed by atoms with Crippen LogP contribution in [-0.2, 0) is 9.47 Å². The summed E-state index contributed by atoms with van der Waals surface area (Å²) in [6.07, 6.45) is 2.08. The minimum atomic E-state index is -0.470. The standard InChI is InChI=1S/C13H28N2O3/c1-10(8-17-3)18-9-12(16)7-15(2)13(6-14)11-4-5-11/h10-13,16H,4-9,14H2,1-3H3. The number of rotatable bonds is 10. The lowest BCUT2D eigenvalue weighted by molar-refractivity contribution is -0.0409. The minimum absolute atomic E-state index is 0.0173. The summed E-state index contributed by atoms with van der Waals surface area (Å²) in [4.78, 5) is 2.16. The van der Waals surface area contributed by atoms with E-state index in [9.17, 15) is 5.11 Å². The van der Waals surface area contributed by atoms with Gasteiger partial charge >= 0.3 is 0 Å². The fraction of sp³-hybridized carbons (Fsp3) is 1.00. The number of hydrogen-bond donors (Lipinski definition) is 2. The highest BCUT2D eigenvalue weighted by Gasteiger charge is 2.33. The number of methoxy groups -OCH3 is 1. The summed E-state index contributed by atoms with van der Waals surface area (Å²) >= 11 is 0. The van der Waals surface area contributed by atoms with Crippen LogP contribution in [0, 0.1) is 5.92 Å². The van der Waals surface area contributed by atoms with Gasteiger partial charge < -0.3 is 20.3 Å². The maximum absolute atomic E-state index is 9.94. The van der Waals surface area contributed by atoms with Gasteiger partial charge in [0.15, 0.2) is 0 Å². The molecule has 5 nitrogen and oxygen atoms in total. The van der Waals surface area contributed by atoms with Crippen molar-refractivity contribution >= 4 is 0 Å². The van der Waals surface area contributed by atoms with E-state index in [1.165, 1.54) is 12.8 Å². The quantitative estimate of drug-likeness (QED) is 0.582. The third-order valence-corrected chi connectivity index (χ3v) is 3.45. The van der Waals surface area contributed by atoms with Crippen molar-refractivity contribution in [3.05, 3.63) is 0 Å². The zero-order valence-electron chi connectivity index (χ0n) is 11.8. The molecule has 1 fully saturated rings. The highest BCUT2D eigenvalue weighted by Crippen LogP contribution is 2.34. The van der Waals surface area contributed by atoms with E-state index in [0.29, 0.717) is 32.3 Å². The van der Waals surface area contributed by atoms with Crippen molar-refractivity contribution in [2.24, 2.45) is 11.7 Å². The van der Waals surface area contributed by atoms with Crippen molar-refractivity contribution in [3.63, 3.8) is 0 Å². The maximum atomic E-state index is 9.94. The summed E-state index contributed by atoms with van der Waals surface area (Å²) in [5.74, 6) is 0.723. The van der Waals surface area contributed by atoms with E-state index < -0.39 is 6.10 Å². The first-order valence-corrected chi connectivity index (χ1v) is 6.77. The number of nitrogens with zero attached hydrogens (tertiary/aromatic N) is 1. The van der Waals surface area contributed by atoms with E-state index in [0.717, 1.165) is 5.92 Å². The molecule has 3 N–H and O–H groups in total. The smallest absolute Gasteiger partial charge is 0.0900 e. The average molecular weight is 260 g/mol. The van der Waals surface area contributed by atoms with Gasteiger partial charge in [-0.05, 0) is 32.7 Å². The van der Waals surface area contributed by atoms with E-state index in [1.54, 1.807) is 7.11 Å². The van der Waals surface area contributed by atoms with E-state index in [-0.39, 0.29) is 6.10 Å². The molecule has 108 valence electrons. The number of aliphatic hydroxyl groups excluding tert-OH is 1. The van der Waals surface area contributed by atoms with E-state index >= 15 is 0 Å². The molecule has 5 heteroatoms. The second kappa shape index (κ2) is 8.07. The number of aliphatic hydroxyl groups is 1. The molecule has 1 rings (SSSR count). The Kier molecular flexibility index (Phi) is 7.11. The zero-order chi connectivity index (χ0) is 13.5. The molecule has 0 radical (unpaired) electrons. The predicted octanol–water partition coefficient (Wildman–Crippen LogP) is 0.0679. The summed E-state index contributed by atoms with van der Waals surface area (Å²) < 4.78 is 10.5. The van der Waals surface area contributed by atoms with Gasteiger partial charge in [-0.15, -0.1) is 0 Å². The molecule has 1 aliphatic carbocycles. The molecule has 1 aliphatic rings. The molecule has 0 spiro atoms. The van der Waals surface area contributed by atoms with Crippen LogP contribution < -0.4 is 5.73 Å². The molecule has 0 saturated heterocycles. The van der Waals surface area contributed by atoms with Crippen LogP contribution in [0.5, 0.6) is 0 Å². The Morgan fingerprint density at radius 1 is 1.39 bits per heavy atom. The molecule has 1 saturated carbocycles. The fourth-order valence-corrected chi connectivity index (χ4v) is 2.29. The topological polar surface area (TPSA) is 68.0 Å². The van der Waals surface area contributed by atoms with Crippen LogP contribution >= 0.6 is 0 Å². The maximum Gasteiger partial charge on any atom is 0.0900 e. The molecule has 0 amide bonds. The van der Waals surface area contributed by atoms with Gasteiger partial charge in [-0.1, -0.05) is 0 Å². The van der Waals surface area contributed by atoms with Crippen LogP contribution in [0.25, 0.3) is 0 Å². The molecular weight excluding hydrogens is 232 g/mol. The van der Waals surface area contributed by atoms with E-state index in [2.05, 4.69) is 4.90 Å². The lowest BCUT2D eigenvalue weighted by Crippen LogP contribution is -2.44. The second-order valence-electron chi connectivity index (χ2n) is 5.33. The van der Waals surface area contributed by atoms with Crippen molar-refractivity contribution < 1.29 is 14.6 Å². The lowest BCUT2D eigenvalue weighted by Gasteiger charge is -2.29. The van der Waals surface area contributed by atoms with Crippen molar-refractivity contribution in [1.82, 2.24) is 4.90 Å². The minimum Gasteiger partial charge on any atom is -0.389 e. The highest BCUT2D eigenvalue weighted by atomic mass is 16.5. The molecule has 0 aromatic carbocycles. The van der Waals surface area contributed by atoms with Crippen LogP contribution in [0.3, 0.4) is 0 Å². The van der Waals surface area contributed by atoms with Crippen molar-refractivity contribution in [2.75, 3.05) is 40.5 Å². The van der Waals surface area contributed by atoms with Crippen molar-refractivity contribution in [3.8, 4) is 0 Å². The Balaban J connectivity index is 2.19. The number of likely N-dealkylation sites (N-methyl/N-ethyl adjacent to an activating group) is 1. The monoisotopic (exact) mass is 260 g/mol. The summed E-state index contributed by atoms with van der Waals surface area (Å²) in [5.41, 5.74) is 5.78. The number of hydrogen-bond acceptors (Lipinski definition) is 5. The van der Waals surface area contributed by atoms with Gasteiger partial charge in [-0.2, -0.15) is 0 Å². The van der Waals surface area contributed by atoms with Crippen LogP contribution in [0.15, 0.2) is 0 Å². The Morgan fingerprint density at radius 2 is 2.06 bits per heavy atom. The first-order valence-electron chi connectivity index (χ1n) is 6.77. The predicted molar refractivity (Wildman–Crippen MR) is 71.5 cm³/mol. The summed E-state index contributed by atoms with van der Waals surface area (Å²) in [7, 11) is 3.67. The molecule has 0 aliphatic heterocycles. The van der Waals surface area contributed by atoms with Gasteiger partial charge in [-0.25, -0.2) is 0 Å². The van der Waals surface area contributed by atoms with E-state index in [4.69, 9.17) is 15.2 Å². The summed E-state index contributed by atoms with van der Waals surface area (Å²) in [6, 6.07) is 0.399. The van der Waals surface area contributed by atoms with Crippen LogP contribution in [-0.4, -0.2) is 68.7 Å². The summed E-state index contributed by atoms with van der Waals surface area (Å²) in [6.45, 7) is 4.10. The van der Waals surface area contributed by atoms with Gasteiger partial charge in [0.1, 0.15) is 0 Å². The van der Waals surface area contributed by atoms with Gasteiger partial charge in [0, 0.05) is 26.2 Å². The fourth-order valence-electron chi connectivity index (χ4n) is 2.29. The molecule has 3 unspecified atom stereocenters. The Labute approximate surface area is 110 Å². The van der Waals surface area contributed by atoms with Gasteiger partial charge in [0.05, 0.1) is 25.4 Å². The Bertz CT molecular complexity index is 224. The third-order valence-electron chi connectivity index (χ3n) is 3.45. The van der Waals surface area contributed by atoms with Gasteiger partial charge in [0.2, 0.25) is 0 Å². The first kappa shape index (κ1) is 15.9. The van der Waals surface area contributed by atoms with E-state index in [1.807, 2.05) is 14.0 Å².